The molecular weight excluding hydrogens is 703 g/mol. The molecule has 0 aliphatic heterocycles. The molecule has 3 aromatic rings. The first-order valence-corrected chi connectivity index (χ1v) is 18.0. The summed E-state index contributed by atoms with van der Waals surface area (Å²) in [5.74, 6) is 0. The van der Waals surface area contributed by atoms with E-state index < -0.39 is 0 Å². The Morgan fingerprint density at radius 2 is 1.29 bits per heavy atom. The Bertz CT molecular complexity index is 1580. The van der Waals surface area contributed by atoms with E-state index in [1.165, 1.54) is 85.5 Å². The molecule has 0 spiro atoms. The van der Waals surface area contributed by atoms with Crippen LogP contribution in [0.4, 0.5) is 0 Å². The summed E-state index contributed by atoms with van der Waals surface area (Å²) in [5, 5.41) is 0. The number of rotatable bonds is 0. The van der Waals surface area contributed by atoms with Crippen LogP contribution in [0, 0.1) is 43.4 Å². The molecule has 0 nitrogen and oxygen atoms in total. The minimum absolute atomic E-state index is 0. The van der Waals surface area contributed by atoms with Crippen LogP contribution < -0.4 is 0 Å². The van der Waals surface area contributed by atoms with Crippen molar-refractivity contribution in [2.75, 3.05) is 0 Å². The van der Waals surface area contributed by atoms with Crippen molar-refractivity contribution >= 4 is 40.2 Å². The third-order valence-corrected chi connectivity index (χ3v) is 9.06. The van der Waals surface area contributed by atoms with Crippen molar-refractivity contribution in [3.05, 3.63) is 137 Å². The normalized spacial score (nSPS) is 16.1. The Morgan fingerprint density at radius 3 is 1.71 bits per heavy atom. The second kappa shape index (κ2) is 16.8. The van der Waals surface area contributed by atoms with Crippen LogP contribution in [0.15, 0.2) is 72.8 Å². The average molecular weight is 759 g/mol. The minimum Gasteiger partial charge on any atom is -0.358 e. The maximum atomic E-state index is 3.85. The SMILES string of the molecule is CC(C)(C)C1=[C-]C(C)(C)c2cc3c(cc21)-c1cc2c(cc1C3)C(C)(C)C=C2C(C)(C)C.Cc1cc[c-]cc1.Cl.Cl.[C-]1=CC=CC1.[CH2]=[Zr].[CH3-]. The van der Waals surface area contributed by atoms with Crippen molar-refractivity contribution in [3.8, 4) is 11.1 Å². The fraction of sp³-hybridized carbons (Fsp3) is 0.378. The molecule has 4 aliphatic rings. The van der Waals surface area contributed by atoms with Crippen LogP contribution in [0.25, 0.3) is 22.3 Å². The minimum atomic E-state index is -0.0202. The molecule has 0 saturated heterocycles. The summed E-state index contributed by atoms with van der Waals surface area (Å²) in [6.07, 6.45) is 17.4. The Balaban J connectivity index is 0.000000568. The van der Waals surface area contributed by atoms with E-state index in [0.717, 1.165) is 12.8 Å². The first-order valence-electron chi connectivity index (χ1n) is 16.2. The second-order valence-corrected chi connectivity index (χ2v) is 15.8. The first kappa shape index (κ1) is 44.0. The van der Waals surface area contributed by atoms with Gasteiger partial charge in [-0.1, -0.05) is 99.8 Å². The van der Waals surface area contributed by atoms with Crippen LogP contribution in [-0.4, -0.2) is 4.21 Å². The average Bonchev–Trinajstić information content (AvgIpc) is 3.74. The van der Waals surface area contributed by atoms with Gasteiger partial charge in [0.2, 0.25) is 0 Å². The topological polar surface area (TPSA) is 0 Å². The monoisotopic (exact) mass is 756 g/mol. The predicted molar refractivity (Wildman–Crippen MR) is 214 cm³/mol. The summed E-state index contributed by atoms with van der Waals surface area (Å²) in [5.41, 5.74) is 16.2. The molecular formula is C45H56Cl2Zr-4. The molecule has 0 N–H and O–H groups in total. The fourth-order valence-electron chi connectivity index (χ4n) is 6.75. The number of fused-ring (bicyclic) bond motifs is 5. The molecule has 3 aromatic carbocycles. The summed E-state index contributed by atoms with van der Waals surface area (Å²) in [6.45, 7) is 25.4. The van der Waals surface area contributed by atoms with Crippen LogP contribution in [-0.2, 0) is 41.5 Å². The van der Waals surface area contributed by atoms with Gasteiger partial charge >= 0.3 is 28.4 Å². The van der Waals surface area contributed by atoms with Crippen LogP contribution in [0.5, 0.6) is 0 Å². The molecule has 0 atom stereocenters. The van der Waals surface area contributed by atoms with E-state index in [9.17, 15) is 0 Å². The van der Waals surface area contributed by atoms with Gasteiger partial charge in [0.25, 0.3) is 0 Å². The van der Waals surface area contributed by atoms with Gasteiger partial charge in [-0.25, -0.2) is 17.7 Å². The Kier molecular flexibility index (Phi) is 15.4. The molecule has 0 amide bonds. The Morgan fingerprint density at radius 1 is 0.750 bits per heavy atom. The largest absolute Gasteiger partial charge is 0.358 e. The smallest absolute Gasteiger partial charge is 0.358 e. The number of allylic oxidation sites excluding steroid dienone is 8. The van der Waals surface area contributed by atoms with Crippen molar-refractivity contribution in [1.82, 2.24) is 0 Å². The molecule has 0 aromatic heterocycles. The number of hydrogen-bond donors (Lipinski definition) is 0. The summed E-state index contributed by atoms with van der Waals surface area (Å²) < 4.78 is 3.34. The van der Waals surface area contributed by atoms with Gasteiger partial charge in [0.1, 0.15) is 0 Å². The van der Waals surface area contributed by atoms with Crippen molar-refractivity contribution in [1.29, 1.82) is 0 Å². The van der Waals surface area contributed by atoms with Crippen LogP contribution in [0.3, 0.4) is 0 Å². The summed E-state index contributed by atoms with van der Waals surface area (Å²) in [6, 6.07) is 20.8. The van der Waals surface area contributed by atoms with Crippen LogP contribution in [0.1, 0.15) is 115 Å². The number of aryl methyl sites for hydroxylation is 1. The first-order chi connectivity index (χ1) is 21.0. The van der Waals surface area contributed by atoms with Crippen LogP contribution in [0.2, 0.25) is 0 Å². The summed E-state index contributed by atoms with van der Waals surface area (Å²) in [4.78, 5) is 0. The molecule has 3 heteroatoms. The summed E-state index contributed by atoms with van der Waals surface area (Å²) in [7, 11) is 0. The standard InChI is InChI=1S/C31H37.C7H7.C5H5.CH3.CH2.2ClH.Zr/c1-28(2,3)26-16-30(7,8)24-12-18-11-19-13-25-23(15-21(19)20(18)14-22(24)26)27(29(4,5)6)17-31(25,9)10;1-7-5-3-2-4-6-7;1-2-4-5-3-1;;;;;/h12-16H,11H2,1-10H3;3-6H,1H3;1-3H,4H2;1H3;1H2;2*1H;/q4*-1;;;;. The van der Waals surface area contributed by atoms with E-state index in [0.29, 0.717) is 0 Å². The van der Waals surface area contributed by atoms with Crippen LogP contribution >= 0.6 is 24.8 Å². The Hall–Kier alpha value is -2.05. The van der Waals surface area contributed by atoms with Gasteiger partial charge in [-0.05, 0) is 62.3 Å². The van der Waals surface area contributed by atoms with Gasteiger partial charge in [0.05, 0.1) is 0 Å². The van der Waals surface area contributed by atoms with Gasteiger partial charge in [-0.3, -0.25) is 12.2 Å². The number of benzene rings is 3. The molecule has 0 bridgehead atoms. The molecule has 4 aliphatic carbocycles. The van der Waals surface area contributed by atoms with Gasteiger partial charge in [-0.2, -0.15) is 47.5 Å². The maximum Gasteiger partial charge on any atom is -0.358 e. The zero-order valence-electron chi connectivity index (χ0n) is 31.4. The molecule has 258 valence electrons. The van der Waals surface area contributed by atoms with Gasteiger partial charge in [0.15, 0.2) is 0 Å². The molecule has 48 heavy (non-hydrogen) atoms. The third kappa shape index (κ3) is 9.39. The molecule has 0 fully saturated rings. The van der Waals surface area contributed by atoms with Gasteiger partial charge in [-0.15, -0.1) is 42.9 Å². The number of hydrogen-bond acceptors (Lipinski definition) is 0. The van der Waals surface area contributed by atoms with Gasteiger partial charge < -0.3 is 7.43 Å². The van der Waals surface area contributed by atoms with Crippen molar-refractivity contribution in [2.45, 2.75) is 99.8 Å². The predicted octanol–water partition coefficient (Wildman–Crippen LogP) is 12.9. The molecule has 0 saturated carbocycles. The van der Waals surface area contributed by atoms with E-state index in [1.54, 1.807) is 0 Å². The van der Waals surface area contributed by atoms with E-state index in [4.69, 9.17) is 0 Å². The van der Waals surface area contributed by atoms with E-state index in [1.807, 2.05) is 36.4 Å². The Labute approximate surface area is 321 Å². The van der Waals surface area contributed by atoms with E-state index in [-0.39, 0.29) is 53.9 Å². The second-order valence-electron chi connectivity index (χ2n) is 15.8. The third-order valence-electron chi connectivity index (χ3n) is 9.06. The van der Waals surface area contributed by atoms with E-state index >= 15 is 0 Å². The zero-order valence-corrected chi connectivity index (χ0v) is 35.5. The summed E-state index contributed by atoms with van der Waals surface area (Å²) >= 11 is 1.30. The zero-order chi connectivity index (χ0) is 33.4. The van der Waals surface area contributed by atoms with Crippen molar-refractivity contribution in [3.63, 3.8) is 0 Å². The van der Waals surface area contributed by atoms with E-state index in [2.05, 4.69) is 135 Å². The molecule has 7 rings (SSSR count). The maximum absolute atomic E-state index is 3.85. The van der Waals surface area contributed by atoms with Crippen molar-refractivity contribution in [2.24, 2.45) is 10.8 Å². The van der Waals surface area contributed by atoms with Crippen molar-refractivity contribution < 1.29 is 24.2 Å². The quantitative estimate of drug-likeness (QED) is 0.157. The number of halogens is 2. The molecule has 0 heterocycles. The van der Waals surface area contributed by atoms with Gasteiger partial charge in [0, 0.05) is 5.41 Å². The fourth-order valence-corrected chi connectivity index (χ4v) is 6.75. The molecule has 0 unspecified atom stereocenters. The molecule has 0 radical (unpaired) electrons.